The minimum absolute atomic E-state index is 0.0294. The maximum absolute atomic E-state index is 13.0. The molecule has 0 bridgehead atoms. The van der Waals surface area contributed by atoms with Crippen LogP contribution < -0.4 is 5.32 Å². The summed E-state index contributed by atoms with van der Waals surface area (Å²) in [6.07, 6.45) is 2.73. The number of halogens is 2. The summed E-state index contributed by atoms with van der Waals surface area (Å²) in [5.74, 6) is 0.593. The van der Waals surface area contributed by atoms with E-state index < -0.39 is 0 Å². The molecule has 0 heterocycles. The van der Waals surface area contributed by atoms with Crippen LogP contribution in [-0.2, 0) is 0 Å². The maximum atomic E-state index is 13.0. The van der Waals surface area contributed by atoms with Gasteiger partial charge in [-0.25, -0.2) is 4.39 Å². The number of nitrogens with one attached hydrogen (secondary N) is 1. The highest BCUT2D eigenvalue weighted by Crippen LogP contribution is 2.24. The van der Waals surface area contributed by atoms with Crippen LogP contribution in [0.1, 0.15) is 24.9 Å². The van der Waals surface area contributed by atoms with Crippen molar-refractivity contribution in [2.75, 3.05) is 18.6 Å². The number of rotatable bonds is 7. The second-order valence-electron chi connectivity index (χ2n) is 4.22. The van der Waals surface area contributed by atoms with E-state index >= 15 is 0 Å². The molecule has 102 valence electrons. The van der Waals surface area contributed by atoms with Gasteiger partial charge in [-0.1, -0.05) is 17.7 Å². The van der Waals surface area contributed by atoms with Crippen LogP contribution in [0.25, 0.3) is 0 Å². The first-order chi connectivity index (χ1) is 8.58. The molecule has 2 N–H and O–H groups in total. The van der Waals surface area contributed by atoms with Gasteiger partial charge in [0, 0.05) is 29.5 Å². The van der Waals surface area contributed by atoms with Crippen molar-refractivity contribution >= 4 is 23.4 Å². The Bertz CT molecular complexity index is 372. The Morgan fingerprint density at radius 3 is 2.78 bits per heavy atom. The predicted molar refractivity (Wildman–Crippen MR) is 76.8 cm³/mol. The second-order valence-corrected chi connectivity index (χ2v) is 5.54. The molecule has 1 rings (SSSR count). The topological polar surface area (TPSA) is 32.3 Å². The number of hydrogen-bond acceptors (Lipinski definition) is 3. The molecule has 1 aromatic carbocycles. The smallest absolute Gasteiger partial charge is 0.124 e. The fourth-order valence-corrected chi connectivity index (χ4v) is 2.86. The van der Waals surface area contributed by atoms with E-state index in [1.165, 1.54) is 12.1 Å². The summed E-state index contributed by atoms with van der Waals surface area (Å²) in [7, 11) is 0. The molecule has 18 heavy (non-hydrogen) atoms. The summed E-state index contributed by atoms with van der Waals surface area (Å²) in [5, 5.41) is 12.9. The fourth-order valence-electron chi connectivity index (χ4n) is 1.87. The first kappa shape index (κ1) is 15.8. The van der Waals surface area contributed by atoms with Crippen LogP contribution in [0.15, 0.2) is 18.2 Å². The molecule has 0 aromatic heterocycles. The van der Waals surface area contributed by atoms with Crippen molar-refractivity contribution in [2.45, 2.75) is 25.4 Å². The van der Waals surface area contributed by atoms with Crippen LogP contribution in [0.5, 0.6) is 0 Å². The van der Waals surface area contributed by atoms with E-state index in [-0.39, 0.29) is 24.5 Å². The van der Waals surface area contributed by atoms with E-state index in [1.54, 1.807) is 17.8 Å². The molecule has 0 aliphatic carbocycles. The number of thioether (sulfide) groups is 1. The largest absolute Gasteiger partial charge is 0.396 e. The average molecular weight is 292 g/mol. The van der Waals surface area contributed by atoms with E-state index in [2.05, 4.69) is 5.32 Å². The average Bonchev–Trinajstić information content (AvgIpc) is 2.29. The first-order valence-electron chi connectivity index (χ1n) is 5.89. The fraction of sp³-hybridized carbons (Fsp3) is 0.538. The van der Waals surface area contributed by atoms with Crippen molar-refractivity contribution in [3.8, 4) is 0 Å². The predicted octanol–water partition coefficient (Wildman–Crippen LogP) is 3.24. The van der Waals surface area contributed by atoms with Gasteiger partial charge < -0.3 is 10.4 Å². The number of aliphatic hydroxyl groups is 1. The molecule has 2 nitrogen and oxygen atoms in total. The van der Waals surface area contributed by atoms with Gasteiger partial charge in [0.25, 0.3) is 0 Å². The number of benzene rings is 1. The lowest BCUT2D eigenvalue weighted by Gasteiger charge is -2.23. The van der Waals surface area contributed by atoms with Crippen LogP contribution in [-0.4, -0.2) is 29.8 Å². The first-order valence-corrected chi connectivity index (χ1v) is 7.66. The Kier molecular flexibility index (Phi) is 7.00. The lowest BCUT2D eigenvalue weighted by atomic mass is 10.1. The standard InChI is InChI=1S/C13H19ClFNOS/c1-9(16-11(5-6-17)8-18-2)12-4-3-10(15)7-13(12)14/h3-4,7,9,11,16-17H,5-6,8H2,1-2H3/t9-,11-/m0/s1. The molecule has 0 amide bonds. The highest BCUT2D eigenvalue weighted by atomic mass is 35.5. The van der Waals surface area contributed by atoms with Crippen LogP contribution >= 0.6 is 23.4 Å². The van der Waals surface area contributed by atoms with Gasteiger partial charge in [-0.2, -0.15) is 11.8 Å². The van der Waals surface area contributed by atoms with E-state index in [1.807, 2.05) is 13.2 Å². The summed E-state index contributed by atoms with van der Waals surface area (Å²) < 4.78 is 13.0. The molecular formula is C13H19ClFNOS. The SMILES string of the molecule is CSC[C@H](CCO)N[C@@H](C)c1ccc(F)cc1Cl. The van der Waals surface area contributed by atoms with Crippen LogP contribution in [0, 0.1) is 5.82 Å². The summed E-state index contributed by atoms with van der Waals surface area (Å²) in [6.45, 7) is 2.14. The number of hydrogen-bond donors (Lipinski definition) is 2. The molecule has 0 unspecified atom stereocenters. The van der Waals surface area contributed by atoms with Gasteiger partial charge in [0.05, 0.1) is 0 Å². The molecule has 0 spiro atoms. The monoisotopic (exact) mass is 291 g/mol. The highest BCUT2D eigenvalue weighted by molar-refractivity contribution is 7.98. The summed E-state index contributed by atoms with van der Waals surface area (Å²) in [4.78, 5) is 0. The number of aliphatic hydroxyl groups excluding tert-OH is 1. The van der Waals surface area contributed by atoms with E-state index in [9.17, 15) is 4.39 Å². The molecule has 0 fully saturated rings. The van der Waals surface area contributed by atoms with Crippen molar-refractivity contribution in [3.63, 3.8) is 0 Å². The molecule has 0 radical (unpaired) electrons. The van der Waals surface area contributed by atoms with Crippen molar-refractivity contribution in [2.24, 2.45) is 0 Å². The Morgan fingerprint density at radius 2 is 2.22 bits per heavy atom. The minimum Gasteiger partial charge on any atom is -0.396 e. The van der Waals surface area contributed by atoms with E-state index in [0.717, 1.165) is 11.3 Å². The summed E-state index contributed by atoms with van der Waals surface area (Å²) >= 11 is 7.75. The van der Waals surface area contributed by atoms with Crippen LogP contribution in [0.2, 0.25) is 5.02 Å². The van der Waals surface area contributed by atoms with Gasteiger partial charge in [0.2, 0.25) is 0 Å². The Balaban J connectivity index is 2.70. The van der Waals surface area contributed by atoms with Gasteiger partial charge >= 0.3 is 0 Å². The molecule has 0 aliphatic heterocycles. The molecule has 0 saturated carbocycles. The van der Waals surface area contributed by atoms with Crippen molar-refractivity contribution in [3.05, 3.63) is 34.6 Å². The maximum Gasteiger partial charge on any atom is 0.124 e. The zero-order chi connectivity index (χ0) is 13.5. The zero-order valence-electron chi connectivity index (χ0n) is 10.6. The van der Waals surface area contributed by atoms with Gasteiger partial charge in [-0.3, -0.25) is 0 Å². The van der Waals surface area contributed by atoms with Gasteiger partial charge in [-0.05, 0) is 37.3 Å². The third kappa shape index (κ3) is 4.76. The summed E-state index contributed by atoms with van der Waals surface area (Å²) in [6, 6.07) is 4.69. The third-order valence-electron chi connectivity index (χ3n) is 2.76. The zero-order valence-corrected chi connectivity index (χ0v) is 12.2. The Hall–Kier alpha value is -0.290. The van der Waals surface area contributed by atoms with E-state index in [0.29, 0.717) is 11.4 Å². The van der Waals surface area contributed by atoms with E-state index in [4.69, 9.17) is 16.7 Å². The van der Waals surface area contributed by atoms with Crippen LogP contribution in [0.4, 0.5) is 4.39 Å². The van der Waals surface area contributed by atoms with Gasteiger partial charge in [0.15, 0.2) is 0 Å². The Morgan fingerprint density at radius 1 is 1.50 bits per heavy atom. The quantitative estimate of drug-likeness (QED) is 0.809. The second kappa shape index (κ2) is 8.00. The molecule has 5 heteroatoms. The van der Waals surface area contributed by atoms with Gasteiger partial charge in [0.1, 0.15) is 5.82 Å². The van der Waals surface area contributed by atoms with Crippen LogP contribution in [0.3, 0.4) is 0 Å². The molecule has 2 atom stereocenters. The molecule has 0 saturated heterocycles. The van der Waals surface area contributed by atoms with Crippen molar-refractivity contribution in [1.29, 1.82) is 0 Å². The van der Waals surface area contributed by atoms with Crippen molar-refractivity contribution in [1.82, 2.24) is 5.32 Å². The molecule has 1 aromatic rings. The molecule has 0 aliphatic rings. The normalized spacial score (nSPS) is 14.5. The summed E-state index contributed by atoms with van der Waals surface area (Å²) in [5.41, 5.74) is 0.877. The highest BCUT2D eigenvalue weighted by Gasteiger charge is 2.15. The third-order valence-corrected chi connectivity index (χ3v) is 3.82. The lowest BCUT2D eigenvalue weighted by molar-refractivity contribution is 0.265. The molecular weight excluding hydrogens is 273 g/mol. The van der Waals surface area contributed by atoms with Crippen molar-refractivity contribution < 1.29 is 9.50 Å². The Labute approximate surface area is 117 Å². The van der Waals surface area contributed by atoms with Gasteiger partial charge in [-0.15, -0.1) is 0 Å². The minimum atomic E-state index is -0.327. The lowest BCUT2D eigenvalue weighted by Crippen LogP contribution is -2.34.